The van der Waals surface area contributed by atoms with Gasteiger partial charge in [0.1, 0.15) is 17.7 Å². The number of hydrogen-bond acceptors (Lipinski definition) is 7. The number of hydrogen-bond donors (Lipinski definition) is 2. The van der Waals surface area contributed by atoms with E-state index in [0.717, 1.165) is 0 Å². The molecule has 3 heterocycles. The number of alkyl halides is 1. The number of aliphatic hydroxyl groups is 1. The molecule has 0 saturated carbocycles. The van der Waals surface area contributed by atoms with Crippen LogP contribution in [0.2, 0.25) is 5.02 Å². The molecule has 10 nitrogen and oxygen atoms in total. The smallest absolute Gasteiger partial charge is 0.312 e. The molecule has 3 saturated heterocycles. The third kappa shape index (κ3) is 6.14. The summed E-state index contributed by atoms with van der Waals surface area (Å²) in [5.74, 6) is -3.70. The van der Waals surface area contributed by atoms with Crippen LogP contribution in [0.25, 0.3) is 0 Å². The van der Waals surface area contributed by atoms with Crippen LogP contribution >= 0.6 is 27.5 Å². The number of para-hydroxylation sites is 1. The van der Waals surface area contributed by atoms with Crippen molar-refractivity contribution in [1.29, 1.82) is 0 Å². The van der Waals surface area contributed by atoms with E-state index in [1.807, 2.05) is 6.92 Å². The van der Waals surface area contributed by atoms with E-state index in [2.05, 4.69) is 34.4 Å². The number of ether oxygens (including phenoxy) is 2. The number of likely N-dealkylation sites (tertiary alicyclic amines) is 1. The minimum Gasteiger partial charge on any atom is -0.460 e. The summed E-state index contributed by atoms with van der Waals surface area (Å²) in [5.41, 5.74) is -0.900. The molecule has 1 spiro atoms. The van der Waals surface area contributed by atoms with Crippen molar-refractivity contribution in [3.05, 3.63) is 54.6 Å². The first-order valence-electron chi connectivity index (χ1n) is 14.6. The highest BCUT2D eigenvalue weighted by molar-refractivity contribution is 9.09. The number of allylic oxidation sites excluding steroid dienone is 1. The lowest BCUT2D eigenvalue weighted by atomic mass is 9.70. The molecule has 3 aliphatic rings. The van der Waals surface area contributed by atoms with Crippen LogP contribution in [0.4, 0.5) is 5.69 Å². The van der Waals surface area contributed by atoms with Gasteiger partial charge in [-0.1, -0.05) is 58.7 Å². The minimum absolute atomic E-state index is 0.103. The van der Waals surface area contributed by atoms with Gasteiger partial charge in [0.05, 0.1) is 47.8 Å². The van der Waals surface area contributed by atoms with Gasteiger partial charge < -0.3 is 29.7 Å². The van der Waals surface area contributed by atoms with E-state index < -0.39 is 59.5 Å². The molecule has 2 N–H and O–H groups in total. The van der Waals surface area contributed by atoms with Crippen LogP contribution in [-0.4, -0.2) is 88.1 Å². The summed E-state index contributed by atoms with van der Waals surface area (Å²) in [7, 11) is 0. The Kier molecular flexibility index (Phi) is 10.7. The molecule has 4 rings (SSSR count). The molecule has 1 unspecified atom stereocenters. The number of halogens is 2. The molecule has 43 heavy (non-hydrogen) atoms. The van der Waals surface area contributed by atoms with Crippen molar-refractivity contribution in [2.75, 3.05) is 24.6 Å². The summed E-state index contributed by atoms with van der Waals surface area (Å²) in [6.07, 6.45) is 3.32. The number of carbonyl (C=O) groups excluding carboxylic acids is 4. The number of anilines is 1. The number of amides is 3. The number of esters is 1. The molecule has 0 radical (unpaired) electrons. The van der Waals surface area contributed by atoms with Crippen LogP contribution < -0.4 is 10.2 Å². The second-order valence-electron chi connectivity index (χ2n) is 11.2. The van der Waals surface area contributed by atoms with Gasteiger partial charge in [0.25, 0.3) is 5.91 Å². The van der Waals surface area contributed by atoms with Gasteiger partial charge in [-0.25, -0.2) is 0 Å². The number of nitrogens with one attached hydrogen (secondary N) is 1. The fourth-order valence-corrected chi connectivity index (χ4v) is 7.76. The van der Waals surface area contributed by atoms with Crippen molar-refractivity contribution in [3.8, 4) is 0 Å². The zero-order chi connectivity index (χ0) is 31.5. The maximum Gasteiger partial charge on any atom is 0.312 e. The van der Waals surface area contributed by atoms with Crippen LogP contribution in [0.15, 0.2) is 49.6 Å². The van der Waals surface area contributed by atoms with Crippen LogP contribution in [0, 0.1) is 11.8 Å². The van der Waals surface area contributed by atoms with Gasteiger partial charge in [0.15, 0.2) is 0 Å². The molecule has 1 aromatic rings. The molecule has 1 aromatic carbocycles. The van der Waals surface area contributed by atoms with E-state index in [1.54, 1.807) is 43.3 Å². The molecule has 3 fully saturated rings. The van der Waals surface area contributed by atoms with E-state index in [9.17, 15) is 24.3 Å². The Morgan fingerprint density at radius 2 is 2.05 bits per heavy atom. The fourth-order valence-electron chi connectivity index (χ4n) is 6.58. The Bertz CT molecular complexity index is 1260. The van der Waals surface area contributed by atoms with Crippen molar-refractivity contribution in [2.45, 2.75) is 74.3 Å². The first-order valence-corrected chi connectivity index (χ1v) is 15.8. The summed E-state index contributed by atoms with van der Waals surface area (Å²) >= 11 is 10.2. The maximum absolute atomic E-state index is 14.6. The van der Waals surface area contributed by atoms with Gasteiger partial charge >= 0.3 is 5.97 Å². The highest BCUT2D eigenvalue weighted by Crippen LogP contribution is 2.61. The Hall–Kier alpha value is -2.73. The molecule has 12 heteroatoms. The highest BCUT2D eigenvalue weighted by atomic mass is 79.9. The normalized spacial score (nSPS) is 28.6. The Labute approximate surface area is 265 Å². The standard InChI is InChI=1S/C31H39BrClN3O7/c1-5-8-13-23(38)34-16-18(4)42-30(41)24-25-28(39)36(19(7-3)17-37)27(31(25)15-20(32)26(24)43-31)29(40)35(14-6-2)22-12-10-9-11-21(22)33/h5-6,9-12,18-20,24-27,37H,1-2,7-8,13-17H2,3-4H3,(H,34,38)/t18-,19+,20?,24+,25-,26+,27+,31-/m1/s1. The monoisotopic (exact) mass is 679 g/mol. The number of aliphatic hydroxyl groups excluding tert-OH is 1. The van der Waals surface area contributed by atoms with Gasteiger partial charge in [-0.15, -0.1) is 13.2 Å². The lowest BCUT2D eigenvalue weighted by Gasteiger charge is -2.39. The lowest BCUT2D eigenvalue weighted by Crippen LogP contribution is -2.59. The summed E-state index contributed by atoms with van der Waals surface area (Å²) in [6, 6.07) is 5.07. The predicted octanol–water partition coefficient (Wildman–Crippen LogP) is 3.39. The molecular formula is C31H39BrClN3O7. The van der Waals surface area contributed by atoms with E-state index >= 15 is 0 Å². The van der Waals surface area contributed by atoms with Crippen molar-refractivity contribution in [1.82, 2.24) is 10.2 Å². The van der Waals surface area contributed by atoms with Crippen LogP contribution in [0.1, 0.15) is 39.5 Å². The van der Waals surface area contributed by atoms with Gasteiger partial charge in [0, 0.05) is 17.8 Å². The third-order valence-electron chi connectivity index (χ3n) is 8.51. The lowest BCUT2D eigenvalue weighted by molar-refractivity contribution is -0.159. The number of carbonyl (C=O) groups is 4. The van der Waals surface area contributed by atoms with Crippen molar-refractivity contribution in [3.63, 3.8) is 0 Å². The van der Waals surface area contributed by atoms with Crippen LogP contribution in [0.3, 0.4) is 0 Å². The molecular weight excluding hydrogens is 642 g/mol. The van der Waals surface area contributed by atoms with Crippen LogP contribution in [-0.2, 0) is 28.7 Å². The van der Waals surface area contributed by atoms with Gasteiger partial charge in [-0.2, -0.15) is 0 Å². The summed E-state index contributed by atoms with van der Waals surface area (Å²) in [5, 5.41) is 13.4. The van der Waals surface area contributed by atoms with Crippen LogP contribution in [0.5, 0.6) is 0 Å². The molecule has 0 aliphatic carbocycles. The second kappa shape index (κ2) is 13.9. The van der Waals surface area contributed by atoms with E-state index in [1.165, 1.54) is 9.80 Å². The SMILES string of the molecule is C=CCCC(=O)NC[C@@H](C)OC(=O)[C@@H]1[C@H]2O[C@@]3(CC2Br)[C@H](C(=O)N(CC=C)c2ccccc2Cl)N([C@@H](CC)CO)C(=O)[C@@H]13. The summed E-state index contributed by atoms with van der Waals surface area (Å²) in [4.78, 5) is 57.1. The fraction of sp³-hybridized carbons (Fsp3) is 0.548. The topological polar surface area (TPSA) is 125 Å². The molecule has 8 atom stereocenters. The van der Waals surface area contributed by atoms with Crippen molar-refractivity contribution in [2.24, 2.45) is 11.8 Å². The van der Waals surface area contributed by atoms with Gasteiger partial charge in [-0.3, -0.25) is 19.2 Å². The Morgan fingerprint density at radius 3 is 2.67 bits per heavy atom. The molecule has 3 amide bonds. The molecule has 2 bridgehead atoms. The van der Waals surface area contributed by atoms with Crippen molar-refractivity contribution >= 4 is 56.9 Å². The molecule has 234 valence electrons. The van der Waals surface area contributed by atoms with Gasteiger partial charge in [0.2, 0.25) is 11.8 Å². The summed E-state index contributed by atoms with van der Waals surface area (Å²) < 4.78 is 12.3. The number of nitrogens with zero attached hydrogens (tertiary/aromatic N) is 2. The largest absolute Gasteiger partial charge is 0.460 e. The van der Waals surface area contributed by atoms with Crippen molar-refractivity contribution < 1.29 is 33.8 Å². The first kappa shape index (κ1) is 33.2. The zero-order valence-corrected chi connectivity index (χ0v) is 26.8. The minimum atomic E-state index is -1.35. The molecule has 3 aliphatic heterocycles. The number of fused-ring (bicyclic) bond motifs is 1. The second-order valence-corrected chi connectivity index (χ2v) is 12.8. The van der Waals surface area contributed by atoms with E-state index in [4.69, 9.17) is 21.1 Å². The zero-order valence-electron chi connectivity index (χ0n) is 24.4. The molecule has 0 aromatic heterocycles. The first-order chi connectivity index (χ1) is 20.6. The Morgan fingerprint density at radius 1 is 1.33 bits per heavy atom. The van der Waals surface area contributed by atoms with E-state index in [0.29, 0.717) is 30.0 Å². The maximum atomic E-state index is 14.6. The number of benzene rings is 1. The summed E-state index contributed by atoms with van der Waals surface area (Å²) in [6.45, 7) is 10.7. The van der Waals surface area contributed by atoms with E-state index in [-0.39, 0.29) is 36.9 Å². The number of rotatable bonds is 14. The quantitative estimate of drug-likeness (QED) is 0.175. The Balaban J connectivity index is 1.68. The van der Waals surface area contributed by atoms with Gasteiger partial charge in [-0.05, 0) is 38.3 Å². The average molecular weight is 681 g/mol. The average Bonchev–Trinajstić information content (AvgIpc) is 3.58. The predicted molar refractivity (Wildman–Crippen MR) is 166 cm³/mol. The third-order valence-corrected chi connectivity index (χ3v) is 9.67. The highest BCUT2D eigenvalue weighted by Gasteiger charge is 2.77.